The van der Waals surface area contributed by atoms with Gasteiger partial charge >= 0.3 is 5.97 Å². The molecule has 1 N–H and O–H groups in total. The predicted molar refractivity (Wildman–Crippen MR) is 94.7 cm³/mol. The second-order valence-corrected chi connectivity index (χ2v) is 8.19. The average Bonchev–Trinajstić information content (AvgIpc) is 2.91. The van der Waals surface area contributed by atoms with Crippen LogP contribution < -0.4 is 0 Å². The minimum atomic E-state index is -0.854. The number of allylic oxidation sites excluding steroid dienone is 3. The number of carbonyl (C=O) groups is 1. The topological polar surface area (TPSA) is 37.3 Å². The molecule has 1 aromatic rings. The van der Waals surface area contributed by atoms with Gasteiger partial charge in [-0.15, -0.1) is 0 Å². The number of carboxylic acid groups (broad SMARTS) is 1. The van der Waals surface area contributed by atoms with Crippen molar-refractivity contribution in [1.82, 2.24) is 0 Å². The lowest BCUT2D eigenvalue weighted by Crippen LogP contribution is -2.33. The third kappa shape index (κ3) is 2.87. The first kappa shape index (κ1) is 16.0. The van der Waals surface area contributed by atoms with Gasteiger partial charge in [0, 0.05) is 6.08 Å². The van der Waals surface area contributed by atoms with E-state index in [9.17, 15) is 4.79 Å². The van der Waals surface area contributed by atoms with Crippen LogP contribution >= 0.6 is 0 Å². The minimum absolute atomic E-state index is 0.177. The summed E-state index contributed by atoms with van der Waals surface area (Å²) < 4.78 is 0. The van der Waals surface area contributed by atoms with Crippen molar-refractivity contribution in [3.8, 4) is 0 Å². The molecule has 2 aliphatic rings. The maximum absolute atomic E-state index is 11.0. The van der Waals surface area contributed by atoms with Crippen LogP contribution in [0.25, 0.3) is 5.57 Å². The highest BCUT2D eigenvalue weighted by molar-refractivity contribution is 5.90. The summed E-state index contributed by atoms with van der Waals surface area (Å²) in [5.41, 5.74) is 6.48. The van der Waals surface area contributed by atoms with E-state index in [1.807, 2.05) is 0 Å². The fraction of sp³-hybridized carbons (Fsp3) is 0.476. The summed E-state index contributed by atoms with van der Waals surface area (Å²) >= 11 is 0. The molecule has 0 bridgehead atoms. The summed E-state index contributed by atoms with van der Waals surface area (Å²) in [6.45, 7) is 9.29. The Labute approximate surface area is 138 Å². The van der Waals surface area contributed by atoms with Crippen molar-refractivity contribution in [3.05, 3.63) is 52.6 Å². The number of hydrogen-bond donors (Lipinski definition) is 1. The number of carboxylic acids is 1. The zero-order valence-corrected chi connectivity index (χ0v) is 14.6. The van der Waals surface area contributed by atoms with E-state index in [0.29, 0.717) is 0 Å². The van der Waals surface area contributed by atoms with Gasteiger partial charge in [0.25, 0.3) is 0 Å². The largest absolute Gasteiger partial charge is 0.478 e. The standard InChI is InChI=1S/C21H26O2/c1-20(2)10-11-21(3,4)18-12-15(8-9-17(18)20)16-7-5-6-14(16)13-19(22)23/h7-9,12-13H,5-6,10-11H2,1-4H3,(H,22,23)/b14-13+. The van der Waals surface area contributed by atoms with Gasteiger partial charge in [0.15, 0.2) is 0 Å². The third-order valence-corrected chi connectivity index (χ3v) is 5.57. The van der Waals surface area contributed by atoms with Crippen LogP contribution in [-0.2, 0) is 15.6 Å². The summed E-state index contributed by atoms with van der Waals surface area (Å²) in [4.78, 5) is 11.0. The molecule has 23 heavy (non-hydrogen) atoms. The number of benzene rings is 1. The predicted octanol–water partition coefficient (Wildman–Crippen LogP) is 5.22. The fourth-order valence-electron chi connectivity index (χ4n) is 4.00. The highest BCUT2D eigenvalue weighted by Gasteiger charge is 2.37. The third-order valence-electron chi connectivity index (χ3n) is 5.57. The van der Waals surface area contributed by atoms with Gasteiger partial charge in [-0.3, -0.25) is 0 Å². The van der Waals surface area contributed by atoms with E-state index in [0.717, 1.165) is 24.0 Å². The molecular weight excluding hydrogens is 284 g/mol. The summed E-state index contributed by atoms with van der Waals surface area (Å²) in [6.07, 6.45) is 7.70. The van der Waals surface area contributed by atoms with E-state index in [2.05, 4.69) is 52.0 Å². The van der Waals surface area contributed by atoms with Gasteiger partial charge in [-0.1, -0.05) is 52.0 Å². The zero-order valence-electron chi connectivity index (χ0n) is 14.6. The van der Waals surface area contributed by atoms with E-state index < -0.39 is 5.97 Å². The number of fused-ring (bicyclic) bond motifs is 1. The van der Waals surface area contributed by atoms with Crippen LogP contribution in [0.5, 0.6) is 0 Å². The van der Waals surface area contributed by atoms with Crippen LogP contribution in [0, 0.1) is 0 Å². The first-order valence-electron chi connectivity index (χ1n) is 8.50. The van der Waals surface area contributed by atoms with Crippen LogP contribution in [0.4, 0.5) is 0 Å². The first-order chi connectivity index (χ1) is 10.7. The van der Waals surface area contributed by atoms with Crippen molar-refractivity contribution in [2.75, 3.05) is 0 Å². The lowest BCUT2D eigenvalue weighted by atomic mass is 9.63. The average molecular weight is 310 g/mol. The molecular formula is C21H26O2. The molecule has 2 nitrogen and oxygen atoms in total. The fourth-order valence-corrected chi connectivity index (χ4v) is 4.00. The Bertz CT molecular complexity index is 717. The van der Waals surface area contributed by atoms with Crippen LogP contribution in [0.1, 0.15) is 70.1 Å². The minimum Gasteiger partial charge on any atom is -0.478 e. The molecule has 0 fully saturated rings. The second-order valence-electron chi connectivity index (χ2n) is 8.19. The molecule has 0 amide bonds. The Kier molecular flexibility index (Phi) is 3.74. The Balaban J connectivity index is 2.09. The van der Waals surface area contributed by atoms with E-state index in [1.54, 1.807) is 0 Å². The molecule has 122 valence electrons. The van der Waals surface area contributed by atoms with Gasteiger partial charge in [-0.05, 0) is 64.3 Å². The Morgan fingerprint density at radius 2 is 1.74 bits per heavy atom. The summed E-state index contributed by atoms with van der Waals surface area (Å²) in [5, 5.41) is 9.08. The molecule has 0 saturated carbocycles. The summed E-state index contributed by atoms with van der Waals surface area (Å²) in [5.74, 6) is -0.854. The van der Waals surface area contributed by atoms with Crippen molar-refractivity contribution in [2.45, 2.75) is 64.2 Å². The van der Waals surface area contributed by atoms with Gasteiger partial charge in [0.2, 0.25) is 0 Å². The number of hydrogen-bond acceptors (Lipinski definition) is 1. The molecule has 0 saturated heterocycles. The van der Waals surface area contributed by atoms with Gasteiger partial charge < -0.3 is 5.11 Å². The molecule has 0 unspecified atom stereocenters. The number of rotatable bonds is 2. The zero-order chi connectivity index (χ0) is 16.8. The smallest absolute Gasteiger partial charge is 0.328 e. The second kappa shape index (κ2) is 5.36. The molecule has 0 radical (unpaired) electrons. The molecule has 2 aliphatic carbocycles. The highest BCUT2D eigenvalue weighted by Crippen LogP contribution is 2.47. The van der Waals surface area contributed by atoms with Crippen LogP contribution in [-0.4, -0.2) is 11.1 Å². The van der Waals surface area contributed by atoms with Crippen molar-refractivity contribution in [2.24, 2.45) is 0 Å². The molecule has 0 spiro atoms. The summed E-state index contributed by atoms with van der Waals surface area (Å²) in [7, 11) is 0. The Morgan fingerprint density at radius 1 is 1.09 bits per heavy atom. The quantitative estimate of drug-likeness (QED) is 0.760. The van der Waals surface area contributed by atoms with Crippen LogP contribution in [0.2, 0.25) is 0 Å². The maximum Gasteiger partial charge on any atom is 0.328 e. The van der Waals surface area contributed by atoms with E-state index in [1.165, 1.54) is 35.6 Å². The Morgan fingerprint density at radius 3 is 2.39 bits per heavy atom. The summed E-state index contributed by atoms with van der Waals surface area (Å²) in [6, 6.07) is 6.75. The highest BCUT2D eigenvalue weighted by atomic mass is 16.4. The molecule has 0 heterocycles. The Hall–Kier alpha value is -1.83. The molecule has 3 rings (SSSR count). The molecule has 0 aromatic heterocycles. The van der Waals surface area contributed by atoms with Crippen molar-refractivity contribution < 1.29 is 9.90 Å². The van der Waals surface area contributed by atoms with Gasteiger partial charge in [0.1, 0.15) is 0 Å². The molecule has 0 atom stereocenters. The van der Waals surface area contributed by atoms with Gasteiger partial charge in [-0.2, -0.15) is 0 Å². The number of aliphatic carboxylic acids is 1. The van der Waals surface area contributed by atoms with Crippen molar-refractivity contribution >= 4 is 11.5 Å². The lowest BCUT2D eigenvalue weighted by Gasteiger charge is -2.42. The molecule has 0 aliphatic heterocycles. The van der Waals surface area contributed by atoms with E-state index in [4.69, 9.17) is 5.11 Å². The van der Waals surface area contributed by atoms with Gasteiger partial charge in [-0.25, -0.2) is 4.79 Å². The van der Waals surface area contributed by atoms with Crippen LogP contribution in [0.3, 0.4) is 0 Å². The van der Waals surface area contributed by atoms with Gasteiger partial charge in [0.05, 0.1) is 0 Å². The monoisotopic (exact) mass is 310 g/mol. The molecule has 2 heteroatoms. The van der Waals surface area contributed by atoms with Crippen molar-refractivity contribution in [3.63, 3.8) is 0 Å². The SMILES string of the molecule is CC1(C)CCC(C)(C)c2cc(C3=CCC/C3=C\C(=O)O)ccc21. The van der Waals surface area contributed by atoms with Crippen LogP contribution in [0.15, 0.2) is 35.9 Å². The lowest BCUT2D eigenvalue weighted by molar-refractivity contribution is -0.131. The van der Waals surface area contributed by atoms with E-state index in [-0.39, 0.29) is 10.8 Å². The van der Waals surface area contributed by atoms with E-state index >= 15 is 0 Å². The normalized spacial score (nSPS) is 23.5. The maximum atomic E-state index is 11.0. The first-order valence-corrected chi connectivity index (χ1v) is 8.50. The van der Waals surface area contributed by atoms with Crippen molar-refractivity contribution in [1.29, 1.82) is 0 Å². The molecule has 1 aromatic carbocycles.